The number of phenols is 1. The summed E-state index contributed by atoms with van der Waals surface area (Å²) in [7, 11) is 0. The molecule has 1 rings (SSSR count). The number of aromatic hydroxyl groups is 1. The van der Waals surface area contributed by atoms with E-state index in [1.165, 1.54) is 122 Å². The normalized spacial score (nSPS) is 12.0. The van der Waals surface area contributed by atoms with Crippen molar-refractivity contribution < 1.29 is 29.0 Å². The molecule has 0 heterocycles. The number of carbonyl (C=O) groups excluding carboxylic acids is 3. The Morgan fingerprint density at radius 3 is 1.55 bits per heavy atom. The molecule has 0 saturated carbocycles. The highest BCUT2D eigenvalue weighted by molar-refractivity contribution is 6.35. The number of nitrogens with one attached hydrogen (secondary N) is 1. The molecule has 0 bridgehead atoms. The summed E-state index contributed by atoms with van der Waals surface area (Å²) >= 11 is 6.17. The molecular weight excluding hydrogens is 832 g/mol. The number of halogens is 1. The van der Waals surface area contributed by atoms with Crippen molar-refractivity contribution in [1.82, 2.24) is 10.2 Å². The average Bonchev–Trinajstić information content (AvgIpc) is 3.30. The van der Waals surface area contributed by atoms with Gasteiger partial charge in [-0.05, 0) is 89.1 Å². The summed E-state index contributed by atoms with van der Waals surface area (Å²) in [4.78, 5) is 40.9. The van der Waals surface area contributed by atoms with Crippen LogP contribution >= 0.6 is 11.6 Å². The topological polar surface area (TPSA) is 105 Å². The molecule has 1 aromatic rings. The van der Waals surface area contributed by atoms with Crippen LogP contribution < -0.4 is 5.32 Å². The van der Waals surface area contributed by atoms with E-state index in [0.29, 0.717) is 37.7 Å². The predicted octanol–water partition coefficient (Wildman–Crippen LogP) is 16.1. The monoisotopic (exact) mass is 933 g/mol. The maximum atomic E-state index is 13.1. The van der Waals surface area contributed by atoms with Crippen LogP contribution in [0.5, 0.6) is 5.75 Å². The molecule has 0 fully saturated rings. The van der Waals surface area contributed by atoms with Gasteiger partial charge in [0.05, 0.1) is 29.7 Å². The third-order valence-electron chi connectivity index (χ3n) is 13.2. The van der Waals surface area contributed by atoms with Gasteiger partial charge in [-0.3, -0.25) is 14.4 Å². The average molecular weight is 934 g/mol. The number of esters is 2. The second kappa shape index (κ2) is 44.2. The number of rotatable bonds is 47. The quantitative estimate of drug-likeness (QED) is 0.0495. The Kier molecular flexibility index (Phi) is 41.3. The molecule has 0 spiro atoms. The first-order chi connectivity index (χ1) is 31.8. The van der Waals surface area contributed by atoms with Gasteiger partial charge in [0.25, 0.3) is 5.91 Å². The van der Waals surface area contributed by atoms with Gasteiger partial charge in [0, 0.05) is 13.0 Å². The van der Waals surface area contributed by atoms with Crippen LogP contribution in [0, 0.1) is 11.8 Å². The van der Waals surface area contributed by atoms with E-state index in [1.807, 2.05) is 0 Å². The zero-order valence-corrected chi connectivity index (χ0v) is 43.4. The minimum atomic E-state index is -0.270. The lowest BCUT2D eigenvalue weighted by atomic mass is 9.90. The maximum absolute atomic E-state index is 13.1. The fourth-order valence-corrected chi connectivity index (χ4v) is 9.17. The Morgan fingerprint density at radius 2 is 1.00 bits per heavy atom. The number of unbranched alkanes of at least 4 members (excludes halogenated alkanes) is 22. The van der Waals surface area contributed by atoms with E-state index in [-0.39, 0.29) is 34.5 Å². The van der Waals surface area contributed by atoms with Crippen molar-refractivity contribution in [3.8, 4) is 5.75 Å². The Balaban J connectivity index is 2.45. The van der Waals surface area contributed by atoms with Crippen molar-refractivity contribution in [2.75, 3.05) is 39.4 Å². The van der Waals surface area contributed by atoms with Crippen molar-refractivity contribution in [2.45, 2.75) is 252 Å². The molecule has 1 amide bonds. The van der Waals surface area contributed by atoms with Gasteiger partial charge in [0.1, 0.15) is 5.75 Å². The Morgan fingerprint density at radius 1 is 0.554 bits per heavy atom. The van der Waals surface area contributed by atoms with E-state index in [4.69, 9.17) is 21.1 Å². The molecule has 1 unspecified atom stereocenters. The number of benzene rings is 1. The molecule has 0 saturated heterocycles. The fourth-order valence-electron chi connectivity index (χ4n) is 8.96. The molecule has 0 aromatic heterocycles. The summed E-state index contributed by atoms with van der Waals surface area (Å²) in [5, 5.41) is 13.0. The molecule has 0 radical (unpaired) electrons. The second-order valence-electron chi connectivity index (χ2n) is 19.2. The molecule has 9 heteroatoms. The van der Waals surface area contributed by atoms with Gasteiger partial charge in [-0.25, -0.2) is 0 Å². The fraction of sp³-hybridized carbons (Fsp3) is 0.839. The van der Waals surface area contributed by atoms with Gasteiger partial charge < -0.3 is 24.8 Å². The van der Waals surface area contributed by atoms with Crippen molar-refractivity contribution in [3.05, 3.63) is 28.8 Å². The van der Waals surface area contributed by atoms with E-state index in [2.05, 4.69) is 37.9 Å². The molecule has 8 nitrogen and oxygen atoms in total. The van der Waals surface area contributed by atoms with E-state index >= 15 is 0 Å². The van der Waals surface area contributed by atoms with Gasteiger partial charge in [-0.15, -0.1) is 0 Å². The summed E-state index contributed by atoms with van der Waals surface area (Å²) in [6.45, 7) is 13.5. The van der Waals surface area contributed by atoms with Gasteiger partial charge in [0.2, 0.25) is 0 Å². The van der Waals surface area contributed by atoms with Crippen LogP contribution in [0.3, 0.4) is 0 Å². The van der Waals surface area contributed by atoms with E-state index in [9.17, 15) is 19.5 Å². The van der Waals surface area contributed by atoms with Crippen LogP contribution in [-0.4, -0.2) is 67.2 Å². The summed E-state index contributed by atoms with van der Waals surface area (Å²) < 4.78 is 11.5. The Hall–Kier alpha value is -2.32. The lowest BCUT2D eigenvalue weighted by Gasteiger charge is -2.22. The molecule has 2 N–H and O–H groups in total. The number of hydrogen-bond donors (Lipinski definition) is 2. The van der Waals surface area contributed by atoms with E-state index in [0.717, 1.165) is 122 Å². The zero-order valence-electron chi connectivity index (χ0n) is 42.7. The lowest BCUT2D eigenvalue weighted by Crippen LogP contribution is -2.31. The van der Waals surface area contributed by atoms with Gasteiger partial charge >= 0.3 is 11.9 Å². The minimum absolute atomic E-state index is 0.0203. The van der Waals surface area contributed by atoms with Crippen LogP contribution in [0.1, 0.15) is 263 Å². The summed E-state index contributed by atoms with van der Waals surface area (Å²) in [6.07, 6.45) is 40.2. The van der Waals surface area contributed by atoms with E-state index in [1.54, 1.807) is 12.1 Å². The van der Waals surface area contributed by atoms with Crippen molar-refractivity contribution in [2.24, 2.45) is 11.8 Å². The Labute approximate surface area is 405 Å². The molecule has 1 atom stereocenters. The highest BCUT2D eigenvalue weighted by Crippen LogP contribution is 2.27. The van der Waals surface area contributed by atoms with Crippen LogP contribution in [0.4, 0.5) is 0 Å². The van der Waals surface area contributed by atoms with Crippen LogP contribution in [-0.2, 0) is 19.1 Å². The third-order valence-corrected chi connectivity index (χ3v) is 13.6. The largest absolute Gasteiger partial charge is 0.506 e. The maximum Gasteiger partial charge on any atom is 0.308 e. The number of nitrogens with zero attached hydrogens (tertiary/aromatic N) is 1. The van der Waals surface area contributed by atoms with Gasteiger partial charge in [-0.1, -0.05) is 212 Å². The van der Waals surface area contributed by atoms with Crippen molar-refractivity contribution >= 4 is 29.4 Å². The SMILES string of the molecule is CCCCCCCCC(CCCCCC)C(=O)OCCCCCCCN(CCCCCCCOC(=O)CCC(CCCCCC)CCCCCC)CCCNC(=O)c1cccc(O)c1Cl. The van der Waals surface area contributed by atoms with Crippen LogP contribution in [0.2, 0.25) is 5.02 Å². The first-order valence-electron chi connectivity index (χ1n) is 27.6. The molecule has 65 heavy (non-hydrogen) atoms. The predicted molar refractivity (Wildman–Crippen MR) is 275 cm³/mol. The molecule has 1 aromatic carbocycles. The van der Waals surface area contributed by atoms with Crippen LogP contribution in [0.15, 0.2) is 18.2 Å². The molecule has 0 aliphatic heterocycles. The first-order valence-corrected chi connectivity index (χ1v) is 27.9. The summed E-state index contributed by atoms with van der Waals surface area (Å²) in [5.41, 5.74) is 0.290. The molecule has 378 valence electrons. The smallest absolute Gasteiger partial charge is 0.308 e. The minimum Gasteiger partial charge on any atom is -0.506 e. The lowest BCUT2D eigenvalue weighted by molar-refractivity contribution is -0.149. The second-order valence-corrected chi connectivity index (χ2v) is 19.6. The third kappa shape index (κ3) is 34.6. The molecular formula is C56H101ClN2O6. The number of ether oxygens (including phenoxy) is 2. The Bertz CT molecular complexity index is 1270. The summed E-state index contributed by atoms with van der Waals surface area (Å²) in [5.74, 6) is 0.374. The number of amides is 1. The van der Waals surface area contributed by atoms with Crippen molar-refractivity contribution in [3.63, 3.8) is 0 Å². The highest BCUT2D eigenvalue weighted by atomic mass is 35.5. The standard InChI is InChI=1S/C56H101ClN2O6/c1-5-9-13-17-20-28-38-50(37-27-16-12-8-4)56(63)65-48-32-24-19-22-30-45-59(46-34-43-58-55(62)51-39-33-40-52(60)54(51)57)44-29-21-18-23-31-47-64-53(61)42-41-49(35-25-14-10-6-2)36-26-15-11-7-3/h33,39-40,49-50,60H,5-32,34-38,41-48H2,1-4H3,(H,58,62). The first kappa shape index (κ1) is 60.7. The zero-order chi connectivity index (χ0) is 47.4. The number of phenolic OH excluding ortho intramolecular Hbond substituents is 1. The van der Waals surface area contributed by atoms with E-state index < -0.39 is 0 Å². The molecule has 0 aliphatic carbocycles. The van der Waals surface area contributed by atoms with Crippen LogP contribution in [0.25, 0.3) is 0 Å². The highest BCUT2D eigenvalue weighted by Gasteiger charge is 2.20. The summed E-state index contributed by atoms with van der Waals surface area (Å²) in [6, 6.07) is 4.74. The number of carbonyl (C=O) groups is 3. The van der Waals surface area contributed by atoms with Gasteiger partial charge in [0.15, 0.2) is 0 Å². The van der Waals surface area contributed by atoms with Crippen molar-refractivity contribution in [1.29, 1.82) is 0 Å². The van der Waals surface area contributed by atoms with Gasteiger partial charge in [-0.2, -0.15) is 0 Å². The molecule has 0 aliphatic rings. The number of hydrogen-bond acceptors (Lipinski definition) is 7.